The maximum atomic E-state index is 11.9. The van der Waals surface area contributed by atoms with Crippen molar-refractivity contribution < 1.29 is 13.5 Å². The van der Waals surface area contributed by atoms with Crippen LogP contribution < -0.4 is 10.5 Å². The molecule has 0 radical (unpaired) electrons. The van der Waals surface area contributed by atoms with Crippen LogP contribution in [0.4, 0.5) is 14.7 Å². The molecule has 0 bridgehead atoms. The number of rotatable bonds is 2. The summed E-state index contributed by atoms with van der Waals surface area (Å²) in [6, 6.07) is 4.39. The molecule has 0 saturated heterocycles. The van der Waals surface area contributed by atoms with E-state index in [0.29, 0.717) is 11.0 Å². The van der Waals surface area contributed by atoms with E-state index in [-0.39, 0.29) is 11.7 Å². The van der Waals surface area contributed by atoms with Gasteiger partial charge in [0.2, 0.25) is 0 Å². The Bertz CT molecular complexity index is 455. The molecule has 0 unspecified atom stereocenters. The largest absolute Gasteiger partial charge is 0.435 e. The van der Waals surface area contributed by atoms with Crippen molar-refractivity contribution in [3.8, 4) is 5.75 Å². The van der Waals surface area contributed by atoms with E-state index in [1.807, 2.05) is 0 Å². The van der Waals surface area contributed by atoms with Crippen LogP contribution >= 0.6 is 0 Å². The molecule has 0 saturated carbocycles. The number of alkyl halides is 2. The number of fused-ring (bicyclic) bond motifs is 1. The second-order valence-corrected chi connectivity index (χ2v) is 2.68. The molecule has 0 aliphatic heterocycles. The number of ether oxygens (including phenoxy) is 1. The molecule has 3 N–H and O–H groups in total. The van der Waals surface area contributed by atoms with Gasteiger partial charge < -0.3 is 15.5 Å². The Hall–Kier alpha value is -1.85. The molecule has 0 aliphatic carbocycles. The van der Waals surface area contributed by atoms with E-state index in [1.165, 1.54) is 12.1 Å². The maximum Gasteiger partial charge on any atom is 0.387 e. The summed E-state index contributed by atoms with van der Waals surface area (Å²) in [5.74, 6) is 0.324. The lowest BCUT2D eigenvalue weighted by molar-refractivity contribution is -0.0497. The number of imidazole rings is 1. The minimum atomic E-state index is -2.83. The number of nitrogens with zero attached hydrogens (tertiary/aromatic N) is 1. The topological polar surface area (TPSA) is 63.9 Å². The van der Waals surface area contributed by atoms with Gasteiger partial charge in [-0.15, -0.1) is 0 Å². The average molecular weight is 199 g/mol. The highest BCUT2D eigenvalue weighted by Gasteiger charge is 2.06. The van der Waals surface area contributed by atoms with Crippen molar-refractivity contribution in [3.05, 3.63) is 18.2 Å². The molecule has 4 nitrogen and oxygen atoms in total. The molecule has 2 aromatic rings. The molecule has 0 fully saturated rings. The smallest absolute Gasteiger partial charge is 0.387 e. The fraction of sp³-hybridized carbons (Fsp3) is 0.125. The van der Waals surface area contributed by atoms with Gasteiger partial charge in [-0.3, -0.25) is 0 Å². The molecule has 1 heterocycles. The SMILES string of the molecule is Nc1nc2ccc(OC(F)F)cc2[nH]1. The Balaban J connectivity index is 2.40. The summed E-state index contributed by atoms with van der Waals surface area (Å²) in [4.78, 5) is 6.63. The molecule has 0 aliphatic rings. The van der Waals surface area contributed by atoms with Crippen LogP contribution in [0.2, 0.25) is 0 Å². The number of hydrogen-bond acceptors (Lipinski definition) is 3. The molecular formula is C8H7F2N3O. The van der Waals surface area contributed by atoms with Crippen molar-refractivity contribution in [2.75, 3.05) is 5.73 Å². The predicted octanol–water partition coefficient (Wildman–Crippen LogP) is 1.75. The first-order valence-electron chi connectivity index (χ1n) is 3.85. The second kappa shape index (κ2) is 3.13. The highest BCUT2D eigenvalue weighted by Crippen LogP contribution is 2.20. The highest BCUT2D eigenvalue weighted by molar-refractivity contribution is 5.78. The van der Waals surface area contributed by atoms with Crippen molar-refractivity contribution in [2.24, 2.45) is 0 Å². The quantitative estimate of drug-likeness (QED) is 0.774. The van der Waals surface area contributed by atoms with Crippen LogP contribution in [0.3, 0.4) is 0 Å². The zero-order chi connectivity index (χ0) is 10.1. The first-order valence-corrected chi connectivity index (χ1v) is 3.85. The summed E-state index contributed by atoms with van der Waals surface area (Å²) in [5, 5.41) is 0. The lowest BCUT2D eigenvalue weighted by atomic mass is 10.3. The lowest BCUT2D eigenvalue weighted by Crippen LogP contribution is -2.01. The van der Waals surface area contributed by atoms with Crippen LogP contribution in [0.1, 0.15) is 0 Å². The van der Waals surface area contributed by atoms with Crippen LogP contribution in [-0.2, 0) is 0 Å². The van der Waals surface area contributed by atoms with Crippen molar-refractivity contribution in [1.29, 1.82) is 0 Å². The van der Waals surface area contributed by atoms with Crippen molar-refractivity contribution in [2.45, 2.75) is 6.61 Å². The minimum absolute atomic E-state index is 0.0798. The van der Waals surface area contributed by atoms with Gasteiger partial charge in [0.15, 0.2) is 5.95 Å². The van der Waals surface area contributed by atoms with Gasteiger partial charge in [0, 0.05) is 6.07 Å². The van der Waals surface area contributed by atoms with Crippen molar-refractivity contribution in [3.63, 3.8) is 0 Å². The molecule has 1 aromatic heterocycles. The summed E-state index contributed by atoms with van der Waals surface area (Å²) in [7, 11) is 0. The molecule has 1 aromatic carbocycles. The number of aromatic amines is 1. The summed E-state index contributed by atoms with van der Waals surface area (Å²) in [6.07, 6.45) is 0. The van der Waals surface area contributed by atoms with E-state index < -0.39 is 6.61 Å². The van der Waals surface area contributed by atoms with E-state index in [4.69, 9.17) is 5.73 Å². The molecule has 0 spiro atoms. The molecule has 0 atom stereocenters. The average Bonchev–Trinajstić information content (AvgIpc) is 2.42. The number of aromatic nitrogens is 2. The second-order valence-electron chi connectivity index (χ2n) is 2.68. The van der Waals surface area contributed by atoms with Gasteiger partial charge in [0.1, 0.15) is 5.75 Å². The van der Waals surface area contributed by atoms with E-state index in [1.54, 1.807) is 6.07 Å². The number of hydrogen-bond donors (Lipinski definition) is 2. The number of nitrogen functional groups attached to an aromatic ring is 1. The third kappa shape index (κ3) is 1.59. The summed E-state index contributed by atoms with van der Waals surface area (Å²) in [6.45, 7) is -2.83. The number of nitrogens with one attached hydrogen (secondary N) is 1. The van der Waals surface area contributed by atoms with Gasteiger partial charge in [-0.25, -0.2) is 4.98 Å². The number of H-pyrrole nitrogens is 1. The first kappa shape index (κ1) is 8.74. The first-order chi connectivity index (χ1) is 6.65. The van der Waals surface area contributed by atoms with E-state index >= 15 is 0 Å². The third-order valence-corrected chi connectivity index (χ3v) is 1.70. The van der Waals surface area contributed by atoms with Crippen LogP contribution in [-0.4, -0.2) is 16.6 Å². The maximum absolute atomic E-state index is 11.9. The Morgan fingerprint density at radius 1 is 1.43 bits per heavy atom. The third-order valence-electron chi connectivity index (χ3n) is 1.70. The van der Waals surface area contributed by atoms with Gasteiger partial charge in [-0.1, -0.05) is 0 Å². The Kier molecular flexibility index (Phi) is 1.95. The van der Waals surface area contributed by atoms with Crippen LogP contribution in [0.15, 0.2) is 18.2 Å². The van der Waals surface area contributed by atoms with Gasteiger partial charge >= 0.3 is 6.61 Å². The lowest BCUT2D eigenvalue weighted by Gasteiger charge is -2.02. The van der Waals surface area contributed by atoms with Crippen LogP contribution in [0.25, 0.3) is 11.0 Å². The highest BCUT2D eigenvalue weighted by atomic mass is 19.3. The normalized spacial score (nSPS) is 11.1. The number of benzene rings is 1. The summed E-state index contributed by atoms with van der Waals surface area (Å²) in [5.41, 5.74) is 6.57. The molecule has 0 amide bonds. The van der Waals surface area contributed by atoms with E-state index in [0.717, 1.165) is 0 Å². The minimum Gasteiger partial charge on any atom is -0.435 e. The van der Waals surface area contributed by atoms with Crippen LogP contribution in [0, 0.1) is 0 Å². The molecule has 2 rings (SSSR count). The molecular weight excluding hydrogens is 192 g/mol. The van der Waals surface area contributed by atoms with Crippen molar-refractivity contribution in [1.82, 2.24) is 9.97 Å². The molecule has 6 heteroatoms. The molecule has 14 heavy (non-hydrogen) atoms. The van der Waals surface area contributed by atoms with E-state index in [2.05, 4.69) is 14.7 Å². The number of halogens is 2. The summed E-state index contributed by atoms with van der Waals surface area (Å²) >= 11 is 0. The van der Waals surface area contributed by atoms with Gasteiger partial charge in [-0.05, 0) is 12.1 Å². The number of anilines is 1. The zero-order valence-corrected chi connectivity index (χ0v) is 7.00. The van der Waals surface area contributed by atoms with Crippen LogP contribution in [0.5, 0.6) is 5.75 Å². The molecule has 74 valence electrons. The Morgan fingerprint density at radius 3 is 2.93 bits per heavy atom. The Labute approximate surface area is 77.7 Å². The fourth-order valence-corrected chi connectivity index (χ4v) is 1.18. The van der Waals surface area contributed by atoms with Gasteiger partial charge in [0.25, 0.3) is 0 Å². The van der Waals surface area contributed by atoms with E-state index in [9.17, 15) is 8.78 Å². The predicted molar refractivity (Wildman–Crippen MR) is 47.1 cm³/mol. The fourth-order valence-electron chi connectivity index (χ4n) is 1.18. The van der Waals surface area contributed by atoms with Crippen molar-refractivity contribution >= 4 is 17.0 Å². The summed E-state index contributed by atoms with van der Waals surface area (Å²) < 4.78 is 27.9. The number of nitrogens with two attached hydrogens (primary N) is 1. The zero-order valence-electron chi connectivity index (χ0n) is 7.00. The van der Waals surface area contributed by atoms with Gasteiger partial charge in [0.05, 0.1) is 11.0 Å². The monoisotopic (exact) mass is 199 g/mol. The van der Waals surface area contributed by atoms with Gasteiger partial charge in [-0.2, -0.15) is 8.78 Å². The standard InChI is InChI=1S/C8H7F2N3O/c9-7(10)14-4-1-2-5-6(3-4)13-8(11)12-5/h1-3,7H,(H3,11,12,13). The Morgan fingerprint density at radius 2 is 2.21 bits per heavy atom.